The lowest BCUT2D eigenvalue weighted by Gasteiger charge is -2.35. The van der Waals surface area contributed by atoms with Gasteiger partial charge in [-0.15, -0.1) is 0 Å². The number of likely N-dealkylation sites (N-methyl/N-ethyl adjacent to an activating group) is 1. The molecule has 0 unspecified atom stereocenters. The Balaban J connectivity index is 1.65. The molecule has 5 heteroatoms. The molecule has 3 rings (SSSR count). The maximum Gasteiger partial charge on any atom is 0.242 e. The van der Waals surface area contributed by atoms with E-state index in [0.29, 0.717) is 5.92 Å². The molecule has 1 saturated heterocycles. The molecule has 2 fully saturated rings. The Labute approximate surface area is 137 Å². The first-order chi connectivity index (χ1) is 11.0. The van der Waals surface area contributed by atoms with E-state index in [1.165, 1.54) is 0 Å². The van der Waals surface area contributed by atoms with Crippen molar-refractivity contribution in [3.8, 4) is 0 Å². The Morgan fingerprint density at radius 3 is 2.61 bits per heavy atom. The van der Waals surface area contributed by atoms with Gasteiger partial charge in [0, 0.05) is 13.1 Å². The van der Waals surface area contributed by atoms with Crippen LogP contribution in [0.3, 0.4) is 0 Å². The monoisotopic (exact) mass is 319 g/mol. The van der Waals surface area contributed by atoms with Gasteiger partial charge >= 0.3 is 0 Å². The lowest BCUT2D eigenvalue weighted by molar-refractivity contribution is -0.135. The summed E-state index contributed by atoms with van der Waals surface area (Å²) in [4.78, 5) is 14.6. The van der Waals surface area contributed by atoms with Crippen molar-refractivity contribution in [3.63, 3.8) is 0 Å². The number of nitrogens with one attached hydrogen (secondary N) is 1. The summed E-state index contributed by atoms with van der Waals surface area (Å²) >= 11 is 0. The maximum atomic E-state index is 13.8. The van der Waals surface area contributed by atoms with E-state index >= 15 is 0 Å². The fraction of sp³-hybridized carbons (Fsp3) is 0.611. The van der Waals surface area contributed by atoms with Crippen LogP contribution < -0.4 is 11.1 Å². The number of anilines is 1. The number of hydrogen-bond donors (Lipinski definition) is 2. The van der Waals surface area contributed by atoms with Crippen molar-refractivity contribution >= 4 is 11.6 Å². The number of nitrogen functional groups attached to an aromatic ring is 1. The molecule has 23 heavy (non-hydrogen) atoms. The topological polar surface area (TPSA) is 58.4 Å². The highest BCUT2D eigenvalue weighted by Gasteiger charge is 2.51. The summed E-state index contributed by atoms with van der Waals surface area (Å²) in [5, 5.41) is 3.34. The molecule has 1 aliphatic heterocycles. The van der Waals surface area contributed by atoms with Crippen LogP contribution in [0.4, 0.5) is 10.1 Å². The predicted octanol–water partition coefficient (Wildman–Crippen LogP) is 2.56. The van der Waals surface area contributed by atoms with Gasteiger partial charge in [-0.2, -0.15) is 0 Å². The molecule has 0 atom stereocenters. The highest BCUT2D eigenvalue weighted by Crippen LogP contribution is 2.39. The van der Waals surface area contributed by atoms with E-state index < -0.39 is 0 Å². The molecule has 2 aliphatic rings. The highest BCUT2D eigenvalue weighted by molar-refractivity contribution is 5.89. The number of rotatable bonds is 4. The molecule has 1 saturated carbocycles. The van der Waals surface area contributed by atoms with Gasteiger partial charge in [-0.1, -0.05) is 6.92 Å². The number of halogens is 1. The second-order valence-electron chi connectivity index (χ2n) is 6.91. The molecular weight excluding hydrogens is 293 g/mol. The van der Waals surface area contributed by atoms with E-state index in [1.54, 1.807) is 12.1 Å². The molecule has 0 bridgehead atoms. The minimum atomic E-state index is -0.340. The van der Waals surface area contributed by atoms with Crippen LogP contribution >= 0.6 is 0 Å². The van der Waals surface area contributed by atoms with E-state index in [0.717, 1.165) is 56.4 Å². The minimum Gasteiger partial charge on any atom is -0.396 e. The van der Waals surface area contributed by atoms with E-state index in [-0.39, 0.29) is 23.0 Å². The van der Waals surface area contributed by atoms with Crippen LogP contribution in [0.25, 0.3) is 0 Å². The van der Waals surface area contributed by atoms with E-state index in [4.69, 9.17) is 5.73 Å². The Morgan fingerprint density at radius 2 is 2.04 bits per heavy atom. The molecule has 1 amide bonds. The van der Waals surface area contributed by atoms with Gasteiger partial charge in [0.1, 0.15) is 5.82 Å². The van der Waals surface area contributed by atoms with Crippen molar-refractivity contribution in [2.75, 3.05) is 25.4 Å². The Hall–Kier alpha value is -1.62. The van der Waals surface area contributed by atoms with Crippen molar-refractivity contribution in [1.82, 2.24) is 10.2 Å². The van der Waals surface area contributed by atoms with Crippen molar-refractivity contribution in [3.05, 3.63) is 29.1 Å². The largest absolute Gasteiger partial charge is 0.396 e. The SMILES string of the molecule is CCNC1(C(=O)N2CCC(c3cc(F)c(N)cc3C)CC2)CC1. The number of carbonyl (C=O) groups is 1. The number of nitrogens with two attached hydrogens (primary N) is 1. The van der Waals surface area contributed by atoms with E-state index in [9.17, 15) is 9.18 Å². The summed E-state index contributed by atoms with van der Waals surface area (Å²) in [6.45, 7) is 6.35. The van der Waals surface area contributed by atoms with Gasteiger partial charge in [-0.05, 0) is 68.3 Å². The predicted molar refractivity (Wildman–Crippen MR) is 89.7 cm³/mol. The lowest BCUT2D eigenvalue weighted by Crippen LogP contribution is -2.50. The van der Waals surface area contributed by atoms with Crippen LogP contribution in [0.15, 0.2) is 12.1 Å². The third-order valence-electron chi connectivity index (χ3n) is 5.28. The van der Waals surface area contributed by atoms with Crippen LogP contribution in [0.1, 0.15) is 49.7 Å². The zero-order chi connectivity index (χ0) is 16.6. The number of likely N-dealkylation sites (tertiary alicyclic amines) is 1. The highest BCUT2D eigenvalue weighted by atomic mass is 19.1. The van der Waals surface area contributed by atoms with Crippen LogP contribution in [0, 0.1) is 12.7 Å². The quantitative estimate of drug-likeness (QED) is 0.839. The van der Waals surface area contributed by atoms with Crippen molar-refractivity contribution in [2.24, 2.45) is 0 Å². The fourth-order valence-corrected chi connectivity index (χ4v) is 3.78. The smallest absolute Gasteiger partial charge is 0.242 e. The standard InChI is InChI=1S/C18H26FN3O/c1-3-21-18(6-7-18)17(23)22-8-4-13(5-9-22)14-11-15(19)16(20)10-12(14)2/h10-11,13,21H,3-9,20H2,1-2H3. The first-order valence-corrected chi connectivity index (χ1v) is 8.57. The van der Waals surface area contributed by atoms with E-state index in [2.05, 4.69) is 5.32 Å². The van der Waals surface area contributed by atoms with Crippen LogP contribution in [0.5, 0.6) is 0 Å². The summed E-state index contributed by atoms with van der Waals surface area (Å²) in [6, 6.07) is 3.29. The molecule has 4 nitrogen and oxygen atoms in total. The normalized spacial score (nSPS) is 20.6. The first kappa shape index (κ1) is 16.2. The van der Waals surface area contributed by atoms with Gasteiger partial charge < -0.3 is 16.0 Å². The number of hydrogen-bond acceptors (Lipinski definition) is 3. The third-order valence-corrected chi connectivity index (χ3v) is 5.28. The Morgan fingerprint density at radius 1 is 1.39 bits per heavy atom. The zero-order valence-electron chi connectivity index (χ0n) is 14.0. The number of piperidine rings is 1. The van der Waals surface area contributed by atoms with Gasteiger partial charge in [-0.25, -0.2) is 4.39 Å². The molecule has 3 N–H and O–H groups in total. The summed E-state index contributed by atoms with van der Waals surface area (Å²) < 4.78 is 13.8. The fourth-order valence-electron chi connectivity index (χ4n) is 3.78. The van der Waals surface area contributed by atoms with Crippen LogP contribution in [-0.2, 0) is 4.79 Å². The maximum absolute atomic E-state index is 13.8. The molecule has 0 radical (unpaired) electrons. The number of carbonyl (C=O) groups excluding carboxylic acids is 1. The van der Waals surface area contributed by atoms with Gasteiger partial charge in [0.2, 0.25) is 5.91 Å². The van der Waals surface area contributed by atoms with Crippen LogP contribution in [-0.4, -0.2) is 36.0 Å². The lowest BCUT2D eigenvalue weighted by atomic mass is 9.86. The van der Waals surface area contributed by atoms with Crippen molar-refractivity contribution in [1.29, 1.82) is 0 Å². The number of amides is 1. The summed E-state index contributed by atoms with van der Waals surface area (Å²) in [6.07, 6.45) is 3.67. The van der Waals surface area contributed by atoms with Crippen molar-refractivity contribution in [2.45, 2.75) is 51.0 Å². The van der Waals surface area contributed by atoms with Crippen molar-refractivity contribution < 1.29 is 9.18 Å². The second-order valence-corrected chi connectivity index (χ2v) is 6.91. The Kier molecular flexibility index (Phi) is 4.32. The van der Waals surface area contributed by atoms with Gasteiger partial charge in [0.05, 0.1) is 11.2 Å². The summed E-state index contributed by atoms with van der Waals surface area (Å²) in [5.41, 5.74) is 7.63. The zero-order valence-corrected chi connectivity index (χ0v) is 14.0. The molecule has 1 aromatic rings. The van der Waals surface area contributed by atoms with Gasteiger partial charge in [0.15, 0.2) is 0 Å². The molecule has 1 aromatic carbocycles. The Bertz CT molecular complexity index is 605. The minimum absolute atomic E-state index is 0.208. The van der Waals surface area contributed by atoms with Crippen LogP contribution in [0.2, 0.25) is 0 Å². The molecule has 0 aromatic heterocycles. The van der Waals surface area contributed by atoms with E-state index in [1.807, 2.05) is 18.7 Å². The number of nitrogens with zero attached hydrogens (tertiary/aromatic N) is 1. The van der Waals surface area contributed by atoms with Gasteiger partial charge in [-0.3, -0.25) is 4.79 Å². The first-order valence-electron chi connectivity index (χ1n) is 8.57. The molecule has 126 valence electrons. The number of aryl methyl sites for hydroxylation is 1. The number of benzene rings is 1. The molecule has 1 heterocycles. The third kappa shape index (κ3) is 3.07. The van der Waals surface area contributed by atoms with Gasteiger partial charge in [0.25, 0.3) is 0 Å². The molecule has 1 aliphatic carbocycles. The summed E-state index contributed by atoms with van der Waals surface area (Å²) in [7, 11) is 0. The summed E-state index contributed by atoms with van der Waals surface area (Å²) in [5.74, 6) is 0.217. The molecular formula is C18H26FN3O. The second kappa shape index (κ2) is 6.11. The average Bonchev–Trinajstić information content (AvgIpc) is 3.32. The molecule has 0 spiro atoms. The average molecular weight is 319 g/mol.